The number of fused-ring (bicyclic) bond motifs is 1. The number of rotatable bonds is 3. The second kappa shape index (κ2) is 5.30. The molecule has 5 heteroatoms. The van der Waals surface area contributed by atoms with Crippen LogP contribution in [0.25, 0.3) is 10.9 Å². The lowest BCUT2D eigenvalue weighted by Gasteiger charge is -2.06. The quantitative estimate of drug-likeness (QED) is 0.842. The van der Waals surface area contributed by atoms with E-state index in [0.29, 0.717) is 20.8 Å². The molecule has 98 valence electrons. The summed E-state index contributed by atoms with van der Waals surface area (Å²) in [5.41, 5.74) is 1.62. The Hall–Kier alpha value is -0.410. The molecule has 1 atom stereocenters. The van der Waals surface area contributed by atoms with E-state index in [4.69, 9.17) is 34.8 Å². The summed E-state index contributed by atoms with van der Waals surface area (Å²) < 4.78 is 1.96. The maximum absolute atomic E-state index is 9.87. The highest BCUT2D eigenvalue weighted by Gasteiger charge is 2.20. The average Bonchev–Trinajstić information content (AvgIpc) is 2.54. The van der Waals surface area contributed by atoms with Crippen molar-refractivity contribution in [3.63, 3.8) is 0 Å². The van der Waals surface area contributed by atoms with E-state index in [1.54, 1.807) is 19.1 Å². The molecule has 0 aliphatic carbocycles. The van der Waals surface area contributed by atoms with Crippen LogP contribution in [0.4, 0.5) is 0 Å². The van der Waals surface area contributed by atoms with E-state index in [1.807, 2.05) is 4.57 Å². The highest BCUT2D eigenvalue weighted by molar-refractivity contribution is 6.43. The number of benzene rings is 1. The van der Waals surface area contributed by atoms with E-state index in [-0.39, 0.29) is 0 Å². The molecule has 0 saturated heterocycles. The van der Waals surface area contributed by atoms with Gasteiger partial charge in [0, 0.05) is 17.5 Å². The van der Waals surface area contributed by atoms with Crippen LogP contribution in [-0.2, 0) is 6.54 Å². The molecule has 0 aliphatic rings. The average molecular weight is 307 g/mol. The minimum atomic E-state index is -0.643. The van der Waals surface area contributed by atoms with Gasteiger partial charge in [-0.1, -0.05) is 41.7 Å². The first-order valence-corrected chi connectivity index (χ1v) is 6.95. The van der Waals surface area contributed by atoms with Gasteiger partial charge in [-0.15, -0.1) is 0 Å². The summed E-state index contributed by atoms with van der Waals surface area (Å²) in [5, 5.41) is 12.2. The SMILES string of the molecule is CCCn1c(Cl)c(C(C)O)c2cc(Cl)c(Cl)cc21. The fourth-order valence-corrected chi connectivity index (χ4v) is 2.93. The predicted molar refractivity (Wildman–Crippen MR) is 77.9 cm³/mol. The second-order valence-electron chi connectivity index (χ2n) is 4.32. The van der Waals surface area contributed by atoms with Gasteiger partial charge in [0.05, 0.1) is 21.7 Å². The Labute approximate surface area is 121 Å². The first-order chi connectivity index (χ1) is 8.47. The van der Waals surface area contributed by atoms with Crippen LogP contribution < -0.4 is 0 Å². The molecule has 2 aromatic rings. The highest BCUT2D eigenvalue weighted by Crippen LogP contribution is 2.38. The van der Waals surface area contributed by atoms with Crippen LogP contribution in [0.3, 0.4) is 0 Å². The first kappa shape index (κ1) is 14.0. The first-order valence-electron chi connectivity index (χ1n) is 5.82. The number of hydrogen-bond donors (Lipinski definition) is 1. The fourth-order valence-electron chi connectivity index (χ4n) is 2.18. The van der Waals surface area contributed by atoms with Gasteiger partial charge in [0.2, 0.25) is 0 Å². The number of hydrogen-bond acceptors (Lipinski definition) is 1. The van der Waals surface area contributed by atoms with Crippen molar-refractivity contribution >= 4 is 45.7 Å². The summed E-state index contributed by atoms with van der Waals surface area (Å²) in [6.45, 7) is 4.54. The zero-order chi connectivity index (χ0) is 13.4. The number of aromatic nitrogens is 1. The van der Waals surface area contributed by atoms with Gasteiger partial charge in [-0.05, 0) is 25.5 Å². The summed E-state index contributed by atoms with van der Waals surface area (Å²) >= 11 is 18.4. The van der Waals surface area contributed by atoms with Gasteiger partial charge in [0.1, 0.15) is 5.15 Å². The third-order valence-corrected chi connectivity index (χ3v) is 4.07. The molecule has 0 aliphatic heterocycles. The number of nitrogens with zero attached hydrogens (tertiary/aromatic N) is 1. The van der Waals surface area contributed by atoms with Crippen LogP contribution in [-0.4, -0.2) is 9.67 Å². The number of aliphatic hydroxyl groups excluding tert-OH is 1. The summed E-state index contributed by atoms with van der Waals surface area (Å²) in [6.07, 6.45) is 0.304. The lowest BCUT2D eigenvalue weighted by molar-refractivity contribution is 0.200. The highest BCUT2D eigenvalue weighted by atomic mass is 35.5. The Balaban J connectivity index is 2.83. The lowest BCUT2D eigenvalue weighted by Crippen LogP contribution is -1.97. The Morgan fingerprint density at radius 2 is 1.83 bits per heavy atom. The standard InChI is InChI=1S/C13H14Cl3NO/c1-3-4-17-11-6-10(15)9(14)5-8(11)12(7(2)18)13(17)16/h5-7,18H,3-4H2,1-2H3. The maximum atomic E-state index is 9.87. The molecular formula is C13H14Cl3NO. The van der Waals surface area contributed by atoms with Crippen molar-refractivity contribution in [3.05, 3.63) is 32.9 Å². The Morgan fingerprint density at radius 3 is 2.39 bits per heavy atom. The third-order valence-electron chi connectivity index (χ3n) is 2.94. The van der Waals surface area contributed by atoms with Gasteiger partial charge in [0.15, 0.2) is 0 Å². The van der Waals surface area contributed by atoms with Gasteiger partial charge >= 0.3 is 0 Å². The summed E-state index contributed by atoms with van der Waals surface area (Å²) in [4.78, 5) is 0. The largest absolute Gasteiger partial charge is 0.389 e. The second-order valence-corrected chi connectivity index (χ2v) is 5.49. The van der Waals surface area contributed by atoms with Gasteiger partial charge in [-0.2, -0.15) is 0 Å². The number of aryl methyl sites for hydroxylation is 1. The van der Waals surface area contributed by atoms with Gasteiger partial charge in [-0.25, -0.2) is 0 Å². The van der Waals surface area contributed by atoms with E-state index in [1.165, 1.54) is 0 Å². The molecule has 1 heterocycles. The molecule has 0 spiro atoms. The summed E-state index contributed by atoms with van der Waals surface area (Å²) in [6, 6.07) is 3.56. The van der Waals surface area contributed by atoms with Crippen molar-refractivity contribution in [1.29, 1.82) is 0 Å². The smallest absolute Gasteiger partial charge is 0.115 e. The van der Waals surface area contributed by atoms with E-state index in [2.05, 4.69) is 6.92 Å². The molecule has 0 fully saturated rings. The zero-order valence-corrected chi connectivity index (χ0v) is 12.4. The minimum absolute atomic E-state index is 0.469. The van der Waals surface area contributed by atoms with E-state index in [9.17, 15) is 5.11 Å². The molecular weight excluding hydrogens is 293 g/mol. The van der Waals surface area contributed by atoms with Crippen LogP contribution in [0.15, 0.2) is 12.1 Å². The van der Waals surface area contributed by atoms with Crippen molar-refractivity contribution in [3.8, 4) is 0 Å². The van der Waals surface area contributed by atoms with Crippen molar-refractivity contribution in [1.82, 2.24) is 4.57 Å². The Morgan fingerprint density at radius 1 is 1.22 bits per heavy atom. The zero-order valence-electron chi connectivity index (χ0n) is 10.2. The molecule has 1 aromatic heterocycles. The third kappa shape index (κ3) is 2.23. The van der Waals surface area contributed by atoms with E-state index in [0.717, 1.165) is 23.9 Å². The van der Waals surface area contributed by atoms with Gasteiger partial charge in [0.25, 0.3) is 0 Å². The van der Waals surface area contributed by atoms with Crippen LogP contribution >= 0.6 is 34.8 Å². The molecule has 0 bridgehead atoms. The normalized spacial score (nSPS) is 13.2. The maximum Gasteiger partial charge on any atom is 0.115 e. The predicted octanol–water partition coefficient (Wildman–Crippen LogP) is 5.06. The van der Waals surface area contributed by atoms with Crippen molar-refractivity contribution < 1.29 is 5.11 Å². The van der Waals surface area contributed by atoms with E-state index >= 15 is 0 Å². The molecule has 0 amide bonds. The fraction of sp³-hybridized carbons (Fsp3) is 0.385. The van der Waals surface area contributed by atoms with Crippen molar-refractivity contribution in [2.24, 2.45) is 0 Å². The van der Waals surface area contributed by atoms with Crippen LogP contribution in [0.2, 0.25) is 15.2 Å². The van der Waals surface area contributed by atoms with Crippen LogP contribution in [0.5, 0.6) is 0 Å². The molecule has 1 N–H and O–H groups in total. The summed E-state index contributed by atoms with van der Waals surface area (Å²) in [7, 11) is 0. The number of aliphatic hydroxyl groups is 1. The van der Waals surface area contributed by atoms with Gasteiger partial charge < -0.3 is 9.67 Å². The molecule has 2 rings (SSSR count). The number of halogens is 3. The Bertz CT molecular complexity index is 590. The Kier molecular flexibility index (Phi) is 4.12. The lowest BCUT2D eigenvalue weighted by atomic mass is 10.1. The van der Waals surface area contributed by atoms with E-state index < -0.39 is 6.10 Å². The van der Waals surface area contributed by atoms with Crippen molar-refractivity contribution in [2.45, 2.75) is 32.9 Å². The van der Waals surface area contributed by atoms with Crippen LogP contribution in [0.1, 0.15) is 31.9 Å². The molecule has 0 saturated carbocycles. The van der Waals surface area contributed by atoms with Crippen molar-refractivity contribution in [2.75, 3.05) is 0 Å². The molecule has 0 radical (unpaired) electrons. The molecule has 1 unspecified atom stereocenters. The topological polar surface area (TPSA) is 25.2 Å². The van der Waals surface area contributed by atoms with Gasteiger partial charge in [-0.3, -0.25) is 0 Å². The molecule has 18 heavy (non-hydrogen) atoms. The molecule has 1 aromatic carbocycles. The molecule has 2 nitrogen and oxygen atoms in total. The summed E-state index contributed by atoms with van der Waals surface area (Å²) in [5.74, 6) is 0. The van der Waals surface area contributed by atoms with Crippen LogP contribution in [0, 0.1) is 0 Å². The minimum Gasteiger partial charge on any atom is -0.389 e. The monoisotopic (exact) mass is 305 g/mol.